The summed E-state index contributed by atoms with van der Waals surface area (Å²) in [5.74, 6) is -0.707. The van der Waals surface area contributed by atoms with Crippen molar-refractivity contribution < 1.29 is 57.0 Å². The Labute approximate surface area is 415 Å². The fourth-order valence-corrected chi connectivity index (χ4v) is 9.46. The predicted octanol–water partition coefficient (Wildman–Crippen LogP) is 11.4. The summed E-state index contributed by atoms with van der Waals surface area (Å²) in [4.78, 5) is 13.2. The van der Waals surface area contributed by atoms with Crippen molar-refractivity contribution in [3.05, 3.63) is 24.3 Å². The molecule has 0 aromatic heterocycles. The van der Waals surface area contributed by atoms with Crippen molar-refractivity contribution in [2.75, 3.05) is 13.2 Å². The summed E-state index contributed by atoms with van der Waals surface area (Å²) in [7, 11) is -5.12. The molecule has 0 aromatic rings. The minimum absolute atomic E-state index is 0.241. The van der Waals surface area contributed by atoms with Gasteiger partial charge in [-0.1, -0.05) is 244 Å². The summed E-state index contributed by atoms with van der Waals surface area (Å²) in [5.41, 5.74) is 0. The van der Waals surface area contributed by atoms with Crippen LogP contribution < -0.4 is 5.32 Å². The van der Waals surface area contributed by atoms with Crippen molar-refractivity contribution in [3.8, 4) is 0 Å². The van der Waals surface area contributed by atoms with Gasteiger partial charge in [-0.3, -0.25) is 9.35 Å². The van der Waals surface area contributed by atoms with Gasteiger partial charge >= 0.3 is 10.4 Å². The molecule has 7 N–H and O–H groups in total. The SMILES string of the molecule is CCCCCCCCCCCCCCC/C=C/CC/C=C/C(O)C(COC1OC(CO)C(O)C(OS(=O)(=O)O)C1O)NC(=O)C(O)CCCCCCCCCCCCCCCCCCCCCC. The Kier molecular flexibility index (Phi) is 42.0. The molecule has 1 amide bonds. The Hall–Kier alpha value is -1.46. The predicted molar refractivity (Wildman–Crippen MR) is 275 cm³/mol. The van der Waals surface area contributed by atoms with E-state index in [9.17, 15) is 43.3 Å². The number of allylic oxidation sites excluding steroid dienone is 3. The lowest BCUT2D eigenvalue weighted by atomic mass is 9.99. The maximum Gasteiger partial charge on any atom is 0.397 e. The smallest absolute Gasteiger partial charge is 0.394 e. The summed E-state index contributed by atoms with van der Waals surface area (Å²) in [6.45, 7) is 3.25. The maximum absolute atomic E-state index is 13.2. The monoisotopic (exact) mass is 990 g/mol. The number of hydrogen-bond acceptors (Lipinski definition) is 11. The number of hydrogen-bond donors (Lipinski definition) is 7. The second-order valence-corrected chi connectivity index (χ2v) is 20.7. The molecule has 13 nitrogen and oxygen atoms in total. The van der Waals surface area contributed by atoms with Gasteiger partial charge in [0.1, 0.15) is 30.5 Å². The molecule has 0 spiro atoms. The van der Waals surface area contributed by atoms with Gasteiger partial charge in [-0.15, -0.1) is 0 Å². The van der Waals surface area contributed by atoms with Crippen molar-refractivity contribution in [1.29, 1.82) is 0 Å². The van der Waals surface area contributed by atoms with Crippen LogP contribution in [0.2, 0.25) is 0 Å². The third-order valence-electron chi connectivity index (χ3n) is 13.3. The van der Waals surface area contributed by atoms with Gasteiger partial charge in [0.2, 0.25) is 5.91 Å². The Morgan fingerprint density at radius 3 is 1.41 bits per heavy atom. The largest absolute Gasteiger partial charge is 0.397 e. The van der Waals surface area contributed by atoms with Crippen LogP contribution in [0.25, 0.3) is 0 Å². The highest BCUT2D eigenvalue weighted by Crippen LogP contribution is 2.26. The van der Waals surface area contributed by atoms with E-state index >= 15 is 0 Å². The van der Waals surface area contributed by atoms with E-state index in [1.165, 1.54) is 186 Å². The van der Waals surface area contributed by atoms with E-state index in [1.54, 1.807) is 6.08 Å². The molecule has 0 bridgehead atoms. The van der Waals surface area contributed by atoms with Gasteiger partial charge < -0.3 is 40.3 Å². The summed E-state index contributed by atoms with van der Waals surface area (Å²) in [6, 6.07) is -1.13. The maximum atomic E-state index is 13.2. The third kappa shape index (κ3) is 35.6. The highest BCUT2D eigenvalue weighted by Gasteiger charge is 2.48. The minimum Gasteiger partial charge on any atom is -0.394 e. The summed E-state index contributed by atoms with van der Waals surface area (Å²) in [5, 5.41) is 55.5. The zero-order valence-corrected chi connectivity index (χ0v) is 43.9. The normalized spacial score (nSPS) is 20.4. The highest BCUT2D eigenvalue weighted by molar-refractivity contribution is 7.80. The second kappa shape index (κ2) is 44.3. The van der Waals surface area contributed by atoms with Crippen LogP contribution in [0.3, 0.4) is 0 Å². The van der Waals surface area contributed by atoms with Crippen LogP contribution in [-0.4, -0.2) is 107 Å². The van der Waals surface area contributed by atoms with Crippen molar-refractivity contribution in [2.45, 2.75) is 300 Å². The lowest BCUT2D eigenvalue weighted by molar-refractivity contribution is -0.298. The summed E-state index contributed by atoms with van der Waals surface area (Å²) >= 11 is 0. The quantitative estimate of drug-likeness (QED) is 0.0172. The van der Waals surface area contributed by atoms with E-state index in [0.29, 0.717) is 12.8 Å². The van der Waals surface area contributed by atoms with E-state index < -0.39 is 78.5 Å². The molecular formula is C54H103NO12S. The van der Waals surface area contributed by atoms with E-state index in [1.807, 2.05) is 0 Å². The molecule has 1 aliphatic rings. The molecule has 0 saturated carbocycles. The molecule has 1 rings (SSSR count). The van der Waals surface area contributed by atoms with E-state index in [4.69, 9.17) is 9.47 Å². The number of carbonyl (C=O) groups excluding carboxylic acids is 1. The molecule has 402 valence electrons. The average molecular weight is 990 g/mol. The van der Waals surface area contributed by atoms with Gasteiger partial charge in [-0.05, 0) is 32.1 Å². The van der Waals surface area contributed by atoms with Gasteiger partial charge in [-0.2, -0.15) is 8.42 Å². The molecule has 0 radical (unpaired) electrons. The van der Waals surface area contributed by atoms with Crippen molar-refractivity contribution in [2.24, 2.45) is 0 Å². The van der Waals surface area contributed by atoms with E-state index in [0.717, 1.165) is 38.5 Å². The minimum atomic E-state index is -5.12. The van der Waals surface area contributed by atoms with Crippen LogP contribution in [0, 0.1) is 0 Å². The van der Waals surface area contributed by atoms with Crippen LogP contribution in [0.15, 0.2) is 24.3 Å². The van der Waals surface area contributed by atoms with Gasteiger partial charge in [0.15, 0.2) is 6.29 Å². The van der Waals surface area contributed by atoms with Crippen LogP contribution in [0.1, 0.15) is 251 Å². The molecule has 0 aromatic carbocycles. The number of rotatable bonds is 48. The average Bonchev–Trinajstić information content (AvgIpc) is 3.31. The molecule has 1 heterocycles. The van der Waals surface area contributed by atoms with Gasteiger partial charge in [-0.25, -0.2) is 4.18 Å². The van der Waals surface area contributed by atoms with Crippen molar-refractivity contribution in [3.63, 3.8) is 0 Å². The summed E-state index contributed by atoms with van der Waals surface area (Å²) in [6.07, 6.45) is 41.1. The lowest BCUT2D eigenvalue weighted by Gasteiger charge is -2.41. The fourth-order valence-electron chi connectivity index (χ4n) is 8.95. The summed E-state index contributed by atoms with van der Waals surface area (Å²) < 4.78 is 47.7. The molecule has 68 heavy (non-hydrogen) atoms. The molecular weight excluding hydrogens is 887 g/mol. The molecule has 1 aliphatic heterocycles. The highest BCUT2D eigenvalue weighted by atomic mass is 32.3. The van der Waals surface area contributed by atoms with Crippen molar-refractivity contribution in [1.82, 2.24) is 5.32 Å². The number of ether oxygens (including phenoxy) is 2. The number of aliphatic hydroxyl groups is 5. The molecule has 8 unspecified atom stereocenters. The zero-order chi connectivity index (χ0) is 49.9. The standard InChI is InChI=1S/C54H103NO12S/c1-3-5-7-9-11-13-15-17-19-21-23-25-27-29-31-33-35-37-39-41-43-48(58)53(61)55-46(45-65-54-51(60)52(67-68(62,63)64)50(59)49(44-56)66-54)47(57)42-40-38-36-34-32-30-28-26-24-22-20-18-16-14-12-10-8-6-4-2/h32,34,40,42,46-52,54,56-60H,3-31,33,35-39,41,43-45H2,1-2H3,(H,55,61)(H,62,63,64)/b34-32+,42-40+. The first kappa shape index (κ1) is 64.6. The Bertz CT molecular complexity index is 1320. The first-order valence-electron chi connectivity index (χ1n) is 27.8. The topological polar surface area (TPSA) is 212 Å². The molecule has 0 aliphatic carbocycles. The first-order valence-corrected chi connectivity index (χ1v) is 29.2. The van der Waals surface area contributed by atoms with Gasteiger partial charge in [0.05, 0.1) is 25.4 Å². The lowest BCUT2D eigenvalue weighted by Crippen LogP contribution is -2.61. The van der Waals surface area contributed by atoms with Crippen LogP contribution in [-0.2, 0) is 28.9 Å². The fraction of sp³-hybridized carbons (Fsp3) is 0.907. The van der Waals surface area contributed by atoms with Gasteiger partial charge in [0.25, 0.3) is 0 Å². The number of nitrogens with one attached hydrogen (secondary N) is 1. The number of aliphatic hydroxyl groups excluding tert-OH is 5. The Morgan fingerprint density at radius 1 is 0.588 bits per heavy atom. The first-order chi connectivity index (χ1) is 32.9. The molecule has 8 atom stereocenters. The van der Waals surface area contributed by atoms with Crippen molar-refractivity contribution >= 4 is 16.3 Å². The molecule has 14 heteroatoms. The third-order valence-corrected chi connectivity index (χ3v) is 13.8. The molecule has 1 saturated heterocycles. The van der Waals surface area contributed by atoms with E-state index in [-0.39, 0.29) is 6.42 Å². The van der Waals surface area contributed by atoms with Gasteiger partial charge in [0, 0.05) is 0 Å². The number of amides is 1. The number of unbranched alkanes of at least 4 members (excludes halogenated alkanes) is 33. The van der Waals surface area contributed by atoms with Crippen LogP contribution in [0.4, 0.5) is 0 Å². The molecule has 1 fully saturated rings. The Morgan fingerprint density at radius 2 is 0.985 bits per heavy atom. The number of carbonyl (C=O) groups is 1. The zero-order valence-electron chi connectivity index (χ0n) is 43.0. The second-order valence-electron chi connectivity index (χ2n) is 19.7. The van der Waals surface area contributed by atoms with E-state index in [2.05, 4.69) is 35.5 Å². The Balaban J connectivity index is 2.48. The van der Waals surface area contributed by atoms with Crippen LogP contribution in [0.5, 0.6) is 0 Å². The van der Waals surface area contributed by atoms with Crippen LogP contribution >= 0.6 is 0 Å².